The summed E-state index contributed by atoms with van der Waals surface area (Å²) in [6, 6.07) is 6.48. The number of hydrogen-bond donors (Lipinski definition) is 1. The van der Waals surface area contributed by atoms with Crippen LogP contribution in [0.25, 0.3) is 0 Å². The van der Waals surface area contributed by atoms with Gasteiger partial charge in [-0.25, -0.2) is 4.39 Å². The number of nitrogens with zero attached hydrogens (tertiary/aromatic N) is 3. The van der Waals surface area contributed by atoms with Crippen LogP contribution < -0.4 is 5.73 Å². The molecule has 0 saturated heterocycles. The van der Waals surface area contributed by atoms with Crippen LogP contribution in [0.4, 0.5) is 10.3 Å². The summed E-state index contributed by atoms with van der Waals surface area (Å²) in [6.45, 7) is 4.22. The molecule has 0 fully saturated rings. The maximum absolute atomic E-state index is 13.0. The second-order valence-corrected chi connectivity index (χ2v) is 4.60. The number of allylic oxidation sites excluding steroid dienone is 1. The van der Waals surface area contributed by atoms with Gasteiger partial charge in [-0.05, 0) is 17.7 Å². The number of rotatable bonds is 5. The molecular weight excluding hydrogens is 251 g/mol. The van der Waals surface area contributed by atoms with Crippen LogP contribution in [-0.2, 0) is 12.3 Å². The highest BCUT2D eigenvalue weighted by Gasteiger charge is 2.09. The molecule has 0 atom stereocenters. The summed E-state index contributed by atoms with van der Waals surface area (Å²) in [6.07, 6.45) is 1.73. The fourth-order valence-electron chi connectivity index (χ4n) is 1.48. The van der Waals surface area contributed by atoms with Crippen molar-refractivity contribution in [2.75, 3.05) is 5.73 Å². The highest BCUT2D eigenvalue weighted by molar-refractivity contribution is 7.98. The highest BCUT2D eigenvalue weighted by atomic mass is 32.2. The molecule has 0 aliphatic rings. The third-order valence-electron chi connectivity index (χ3n) is 2.31. The monoisotopic (exact) mass is 264 g/mol. The van der Waals surface area contributed by atoms with E-state index in [4.69, 9.17) is 5.73 Å². The molecule has 1 aromatic heterocycles. The molecular formula is C12H13FN4S. The Morgan fingerprint density at radius 1 is 1.44 bits per heavy atom. The van der Waals surface area contributed by atoms with E-state index in [1.165, 1.54) is 23.9 Å². The minimum atomic E-state index is -0.236. The maximum atomic E-state index is 13.0. The summed E-state index contributed by atoms with van der Waals surface area (Å²) >= 11 is 1.46. The van der Waals surface area contributed by atoms with Gasteiger partial charge in [-0.1, -0.05) is 30.0 Å². The normalized spacial score (nSPS) is 10.5. The summed E-state index contributed by atoms with van der Waals surface area (Å²) in [5.41, 5.74) is 6.58. The zero-order chi connectivity index (χ0) is 13.0. The molecule has 0 aliphatic heterocycles. The molecule has 0 radical (unpaired) electrons. The van der Waals surface area contributed by atoms with Crippen molar-refractivity contribution in [3.8, 4) is 0 Å². The second-order valence-electron chi connectivity index (χ2n) is 3.66. The van der Waals surface area contributed by atoms with Gasteiger partial charge in [0.2, 0.25) is 5.95 Å². The first-order chi connectivity index (χ1) is 8.70. The van der Waals surface area contributed by atoms with Gasteiger partial charge in [0, 0.05) is 12.3 Å². The lowest BCUT2D eigenvalue weighted by Crippen LogP contribution is -2.03. The molecule has 94 valence electrons. The van der Waals surface area contributed by atoms with Gasteiger partial charge in [-0.15, -0.1) is 16.8 Å². The van der Waals surface area contributed by atoms with Gasteiger partial charge < -0.3 is 5.73 Å². The number of halogens is 1. The van der Waals surface area contributed by atoms with E-state index in [2.05, 4.69) is 16.8 Å². The SMILES string of the molecule is C=CCn1c(N)nnc1SCc1cccc(F)c1. The number of benzene rings is 1. The molecule has 0 spiro atoms. The molecule has 0 bridgehead atoms. The van der Waals surface area contributed by atoms with E-state index in [1.54, 1.807) is 16.7 Å². The van der Waals surface area contributed by atoms with Crippen LogP contribution in [0.2, 0.25) is 0 Å². The quantitative estimate of drug-likeness (QED) is 0.666. The van der Waals surface area contributed by atoms with Crippen LogP contribution in [0.5, 0.6) is 0 Å². The van der Waals surface area contributed by atoms with Crippen LogP contribution in [0.1, 0.15) is 5.56 Å². The third-order valence-corrected chi connectivity index (χ3v) is 3.35. The van der Waals surface area contributed by atoms with E-state index in [1.807, 2.05) is 6.07 Å². The molecule has 0 unspecified atom stereocenters. The molecule has 6 heteroatoms. The molecule has 2 rings (SSSR count). The number of nitrogens with two attached hydrogens (primary N) is 1. The zero-order valence-corrected chi connectivity index (χ0v) is 10.5. The van der Waals surface area contributed by atoms with E-state index < -0.39 is 0 Å². The van der Waals surface area contributed by atoms with Crippen LogP contribution in [0, 0.1) is 5.82 Å². The van der Waals surface area contributed by atoms with E-state index in [0.717, 1.165) is 5.56 Å². The predicted octanol–water partition coefficient (Wildman–Crippen LogP) is 2.48. The molecule has 0 aliphatic carbocycles. The molecule has 18 heavy (non-hydrogen) atoms. The van der Waals surface area contributed by atoms with E-state index in [0.29, 0.717) is 23.4 Å². The van der Waals surface area contributed by atoms with Crippen LogP contribution in [0.15, 0.2) is 42.1 Å². The molecule has 1 heterocycles. The van der Waals surface area contributed by atoms with E-state index in [-0.39, 0.29) is 5.82 Å². The van der Waals surface area contributed by atoms with Gasteiger partial charge in [-0.2, -0.15) is 0 Å². The van der Waals surface area contributed by atoms with E-state index in [9.17, 15) is 4.39 Å². The molecule has 2 aromatic rings. The Morgan fingerprint density at radius 3 is 3.00 bits per heavy atom. The fraction of sp³-hybridized carbons (Fsp3) is 0.167. The Kier molecular flexibility index (Phi) is 3.99. The Bertz CT molecular complexity index is 553. The minimum absolute atomic E-state index is 0.236. The van der Waals surface area contributed by atoms with Crippen molar-refractivity contribution in [1.82, 2.24) is 14.8 Å². The highest BCUT2D eigenvalue weighted by Crippen LogP contribution is 2.22. The molecule has 0 saturated carbocycles. The number of nitrogen functional groups attached to an aromatic ring is 1. The average molecular weight is 264 g/mol. The summed E-state index contributed by atoms with van der Waals surface area (Å²) < 4.78 is 14.8. The predicted molar refractivity (Wildman–Crippen MR) is 70.6 cm³/mol. The Morgan fingerprint density at radius 2 is 2.28 bits per heavy atom. The average Bonchev–Trinajstić information content (AvgIpc) is 2.69. The van der Waals surface area contributed by atoms with E-state index >= 15 is 0 Å². The lowest BCUT2D eigenvalue weighted by molar-refractivity contribution is 0.626. The molecule has 1 aromatic carbocycles. The lowest BCUT2D eigenvalue weighted by Gasteiger charge is -2.04. The summed E-state index contributed by atoms with van der Waals surface area (Å²) in [5.74, 6) is 0.740. The largest absolute Gasteiger partial charge is 0.368 e. The maximum Gasteiger partial charge on any atom is 0.222 e. The van der Waals surface area contributed by atoms with Crippen molar-refractivity contribution in [2.24, 2.45) is 0 Å². The third kappa shape index (κ3) is 2.89. The number of anilines is 1. The Balaban J connectivity index is 2.08. The van der Waals surface area contributed by atoms with Crippen molar-refractivity contribution in [3.63, 3.8) is 0 Å². The van der Waals surface area contributed by atoms with Crippen molar-refractivity contribution in [3.05, 3.63) is 48.3 Å². The second kappa shape index (κ2) is 5.68. The van der Waals surface area contributed by atoms with Gasteiger partial charge in [0.05, 0.1) is 0 Å². The first-order valence-corrected chi connectivity index (χ1v) is 6.36. The summed E-state index contributed by atoms with van der Waals surface area (Å²) in [4.78, 5) is 0. The zero-order valence-electron chi connectivity index (χ0n) is 9.71. The van der Waals surface area contributed by atoms with Crippen molar-refractivity contribution in [1.29, 1.82) is 0 Å². The summed E-state index contributed by atoms with van der Waals surface area (Å²) in [7, 11) is 0. The minimum Gasteiger partial charge on any atom is -0.368 e. The van der Waals surface area contributed by atoms with Crippen LogP contribution in [-0.4, -0.2) is 14.8 Å². The smallest absolute Gasteiger partial charge is 0.222 e. The molecule has 2 N–H and O–H groups in total. The number of thioether (sulfide) groups is 1. The van der Waals surface area contributed by atoms with Gasteiger partial charge in [0.15, 0.2) is 5.16 Å². The van der Waals surface area contributed by atoms with Crippen molar-refractivity contribution < 1.29 is 4.39 Å². The fourth-order valence-corrected chi connectivity index (χ4v) is 2.38. The molecule has 0 amide bonds. The Hall–Kier alpha value is -1.82. The number of aromatic nitrogens is 3. The number of hydrogen-bond acceptors (Lipinski definition) is 4. The topological polar surface area (TPSA) is 56.7 Å². The van der Waals surface area contributed by atoms with Gasteiger partial charge in [0.1, 0.15) is 5.82 Å². The van der Waals surface area contributed by atoms with Crippen molar-refractivity contribution >= 4 is 17.7 Å². The summed E-state index contributed by atoms with van der Waals surface area (Å²) in [5, 5.41) is 8.50. The first kappa shape index (κ1) is 12.6. The molecule has 4 nitrogen and oxygen atoms in total. The van der Waals surface area contributed by atoms with Crippen molar-refractivity contribution in [2.45, 2.75) is 17.5 Å². The van der Waals surface area contributed by atoms with Crippen LogP contribution in [0.3, 0.4) is 0 Å². The standard InChI is InChI=1S/C12H13FN4S/c1-2-6-17-11(14)15-16-12(17)18-8-9-4-3-5-10(13)7-9/h2-5,7H,1,6,8H2,(H2,14,15). The van der Waals surface area contributed by atoms with Crippen LogP contribution >= 0.6 is 11.8 Å². The van der Waals surface area contributed by atoms with Gasteiger partial charge in [0.25, 0.3) is 0 Å². The Labute approximate surface area is 109 Å². The lowest BCUT2D eigenvalue weighted by atomic mass is 10.2. The van der Waals surface area contributed by atoms with Gasteiger partial charge >= 0.3 is 0 Å². The first-order valence-electron chi connectivity index (χ1n) is 5.37. The van der Waals surface area contributed by atoms with Gasteiger partial charge in [-0.3, -0.25) is 4.57 Å².